The molecule has 1 heterocycles. The summed E-state index contributed by atoms with van der Waals surface area (Å²) in [6, 6.07) is 18.5. The van der Waals surface area contributed by atoms with Gasteiger partial charge in [0.1, 0.15) is 6.10 Å². The van der Waals surface area contributed by atoms with Gasteiger partial charge in [-0.15, -0.1) is 11.3 Å². The van der Waals surface area contributed by atoms with Gasteiger partial charge in [-0.1, -0.05) is 30.3 Å². The number of thiophene rings is 1. The molecule has 3 rings (SSSR count). The predicted molar refractivity (Wildman–Crippen MR) is 99.1 cm³/mol. The zero-order valence-electron chi connectivity index (χ0n) is 13.7. The molecule has 0 saturated heterocycles. The first-order valence-corrected chi connectivity index (χ1v) is 8.70. The van der Waals surface area contributed by atoms with Crippen molar-refractivity contribution in [1.82, 2.24) is 5.32 Å². The van der Waals surface area contributed by atoms with E-state index in [1.165, 1.54) is 35.6 Å². The molecule has 1 aromatic heterocycles. The number of rotatable bonds is 6. The number of hydrogen-bond acceptors (Lipinski definition) is 5. The van der Waals surface area contributed by atoms with Gasteiger partial charge in [-0.25, -0.2) is 0 Å². The highest BCUT2D eigenvalue weighted by Gasteiger charge is 2.14. The van der Waals surface area contributed by atoms with Crippen molar-refractivity contribution in [1.29, 1.82) is 0 Å². The van der Waals surface area contributed by atoms with E-state index >= 15 is 0 Å². The van der Waals surface area contributed by atoms with E-state index in [4.69, 9.17) is 0 Å². The number of nitrogens with zero attached hydrogens (tertiary/aromatic N) is 1. The van der Waals surface area contributed by atoms with Crippen LogP contribution in [-0.4, -0.2) is 15.9 Å². The van der Waals surface area contributed by atoms with Crippen LogP contribution in [0.3, 0.4) is 0 Å². The number of amides is 1. The second-order valence-electron chi connectivity index (χ2n) is 5.60. The molecule has 0 aliphatic heterocycles. The van der Waals surface area contributed by atoms with Crippen LogP contribution in [0.2, 0.25) is 0 Å². The Morgan fingerprint density at radius 2 is 1.77 bits per heavy atom. The third-order valence-electron chi connectivity index (χ3n) is 3.83. The van der Waals surface area contributed by atoms with E-state index < -0.39 is 11.0 Å². The van der Waals surface area contributed by atoms with Crippen molar-refractivity contribution in [3.63, 3.8) is 0 Å². The fraction of sp³-hybridized carbons (Fsp3) is 0.105. The van der Waals surface area contributed by atoms with E-state index in [2.05, 4.69) is 5.32 Å². The maximum absolute atomic E-state index is 12.1. The van der Waals surface area contributed by atoms with Crippen molar-refractivity contribution >= 4 is 22.9 Å². The van der Waals surface area contributed by atoms with Crippen LogP contribution < -0.4 is 5.32 Å². The van der Waals surface area contributed by atoms with Crippen molar-refractivity contribution in [2.45, 2.75) is 12.6 Å². The third kappa shape index (κ3) is 4.14. The number of aliphatic hydroxyl groups is 1. The summed E-state index contributed by atoms with van der Waals surface area (Å²) in [6.07, 6.45) is -0.694. The molecule has 132 valence electrons. The van der Waals surface area contributed by atoms with Gasteiger partial charge in [0.25, 0.3) is 11.6 Å². The summed E-state index contributed by atoms with van der Waals surface area (Å²) >= 11 is 1.43. The molecular weight excluding hydrogens is 352 g/mol. The molecule has 0 bridgehead atoms. The number of hydrogen-bond donors (Lipinski definition) is 2. The summed E-state index contributed by atoms with van der Waals surface area (Å²) in [5, 5.41) is 23.8. The molecule has 6 nitrogen and oxygen atoms in total. The van der Waals surface area contributed by atoms with Crippen molar-refractivity contribution < 1.29 is 14.8 Å². The molecule has 1 unspecified atom stereocenters. The lowest BCUT2D eigenvalue weighted by Crippen LogP contribution is -2.22. The van der Waals surface area contributed by atoms with Gasteiger partial charge in [0.2, 0.25) is 0 Å². The van der Waals surface area contributed by atoms with Crippen LogP contribution in [0.1, 0.15) is 31.8 Å². The second-order valence-corrected chi connectivity index (χ2v) is 6.80. The van der Waals surface area contributed by atoms with Crippen molar-refractivity contribution in [3.8, 4) is 0 Å². The number of carbonyl (C=O) groups is 1. The molecule has 0 saturated carbocycles. The Labute approximate surface area is 153 Å². The fourth-order valence-electron chi connectivity index (χ4n) is 2.44. The Morgan fingerprint density at radius 1 is 1.08 bits per heavy atom. The van der Waals surface area contributed by atoms with Crippen LogP contribution in [0.4, 0.5) is 5.69 Å². The van der Waals surface area contributed by atoms with Gasteiger partial charge in [0.15, 0.2) is 0 Å². The first-order valence-electron chi connectivity index (χ1n) is 7.89. The van der Waals surface area contributed by atoms with Crippen LogP contribution in [0.25, 0.3) is 0 Å². The second kappa shape index (κ2) is 7.90. The molecule has 0 aliphatic carbocycles. The van der Waals surface area contributed by atoms with Crippen molar-refractivity contribution in [2.75, 3.05) is 0 Å². The zero-order chi connectivity index (χ0) is 18.5. The molecule has 26 heavy (non-hydrogen) atoms. The minimum absolute atomic E-state index is 0.0562. The number of nitro benzene ring substituents is 1. The Bertz CT molecular complexity index is 907. The summed E-state index contributed by atoms with van der Waals surface area (Å²) in [5.74, 6) is -0.307. The van der Waals surface area contributed by atoms with Crippen LogP contribution in [0.15, 0.2) is 66.7 Å². The Morgan fingerprint density at radius 3 is 2.42 bits per heavy atom. The topological polar surface area (TPSA) is 92.5 Å². The SMILES string of the molecule is O=C(NCc1ccc(C(O)c2ccccc2)s1)c1ccc([N+](=O)[O-])cc1. The van der Waals surface area contributed by atoms with E-state index in [0.717, 1.165) is 15.3 Å². The molecular formula is C19H16N2O4S. The van der Waals surface area contributed by atoms with Crippen LogP contribution >= 0.6 is 11.3 Å². The Kier molecular flexibility index (Phi) is 5.40. The van der Waals surface area contributed by atoms with Crippen LogP contribution in [0, 0.1) is 10.1 Å². The normalized spacial score (nSPS) is 11.7. The smallest absolute Gasteiger partial charge is 0.269 e. The van der Waals surface area contributed by atoms with Crippen molar-refractivity contribution in [3.05, 3.63) is 97.7 Å². The maximum Gasteiger partial charge on any atom is 0.269 e. The number of carbonyl (C=O) groups excluding carboxylic acids is 1. The summed E-state index contributed by atoms with van der Waals surface area (Å²) in [5.41, 5.74) is 1.12. The lowest BCUT2D eigenvalue weighted by molar-refractivity contribution is -0.384. The summed E-state index contributed by atoms with van der Waals surface area (Å²) in [4.78, 5) is 24.0. The molecule has 1 amide bonds. The quantitative estimate of drug-likeness (QED) is 0.513. The predicted octanol–water partition coefficient (Wildman–Crippen LogP) is 3.67. The van der Waals surface area contributed by atoms with Gasteiger partial charge in [0.05, 0.1) is 11.5 Å². The number of benzene rings is 2. The Hall–Kier alpha value is -3.03. The molecule has 2 N–H and O–H groups in total. The summed E-state index contributed by atoms with van der Waals surface area (Å²) in [7, 11) is 0. The van der Waals surface area contributed by atoms with Gasteiger partial charge in [-0.05, 0) is 29.8 Å². The van der Waals surface area contributed by atoms with Crippen LogP contribution in [0.5, 0.6) is 0 Å². The lowest BCUT2D eigenvalue weighted by Gasteiger charge is -2.08. The van der Waals surface area contributed by atoms with Gasteiger partial charge >= 0.3 is 0 Å². The first kappa shape index (κ1) is 17.8. The molecule has 0 radical (unpaired) electrons. The van der Waals surface area contributed by atoms with E-state index in [1.807, 2.05) is 42.5 Å². The van der Waals surface area contributed by atoms with Crippen molar-refractivity contribution in [2.24, 2.45) is 0 Å². The molecule has 3 aromatic rings. The fourth-order valence-corrected chi connectivity index (χ4v) is 3.41. The largest absolute Gasteiger partial charge is 0.383 e. The van der Waals surface area contributed by atoms with Gasteiger partial charge < -0.3 is 10.4 Å². The van der Waals surface area contributed by atoms with Gasteiger partial charge in [-0.3, -0.25) is 14.9 Å². The highest BCUT2D eigenvalue weighted by atomic mass is 32.1. The standard InChI is InChI=1S/C19H16N2O4S/c22-18(13-4-2-1-3-5-13)17-11-10-16(26-17)12-20-19(23)14-6-8-15(9-7-14)21(24)25/h1-11,18,22H,12H2,(H,20,23). The molecule has 2 aromatic carbocycles. The highest BCUT2D eigenvalue weighted by Crippen LogP contribution is 2.28. The van der Waals surface area contributed by atoms with Gasteiger partial charge in [0, 0.05) is 27.5 Å². The molecule has 0 aliphatic rings. The molecule has 0 spiro atoms. The monoisotopic (exact) mass is 368 g/mol. The van der Waals surface area contributed by atoms with Crippen LogP contribution in [-0.2, 0) is 6.54 Å². The van der Waals surface area contributed by atoms with E-state index in [9.17, 15) is 20.0 Å². The maximum atomic E-state index is 12.1. The van der Waals surface area contributed by atoms with E-state index in [0.29, 0.717) is 12.1 Å². The summed E-state index contributed by atoms with van der Waals surface area (Å²) in [6.45, 7) is 0.321. The average Bonchev–Trinajstić information content (AvgIpc) is 3.15. The number of nitro groups is 1. The third-order valence-corrected chi connectivity index (χ3v) is 4.97. The van der Waals surface area contributed by atoms with Gasteiger partial charge in [-0.2, -0.15) is 0 Å². The highest BCUT2D eigenvalue weighted by molar-refractivity contribution is 7.12. The number of aliphatic hydroxyl groups excluding tert-OH is 1. The minimum atomic E-state index is -0.694. The summed E-state index contributed by atoms with van der Waals surface area (Å²) < 4.78 is 0. The van der Waals surface area contributed by atoms with E-state index in [1.54, 1.807) is 0 Å². The number of nitrogens with one attached hydrogen (secondary N) is 1. The molecule has 0 fully saturated rings. The first-order chi connectivity index (χ1) is 12.5. The lowest BCUT2D eigenvalue weighted by atomic mass is 10.1. The Balaban J connectivity index is 1.61. The zero-order valence-corrected chi connectivity index (χ0v) is 14.5. The minimum Gasteiger partial charge on any atom is -0.383 e. The number of non-ortho nitro benzene ring substituents is 1. The molecule has 1 atom stereocenters. The van der Waals surface area contributed by atoms with E-state index in [-0.39, 0.29) is 11.6 Å². The molecule has 7 heteroatoms. The average molecular weight is 368 g/mol.